The van der Waals surface area contributed by atoms with Gasteiger partial charge in [0.25, 0.3) is 5.88 Å². The Morgan fingerprint density at radius 2 is 1.93 bits per heavy atom. The van der Waals surface area contributed by atoms with Crippen molar-refractivity contribution in [1.82, 2.24) is 19.5 Å². The summed E-state index contributed by atoms with van der Waals surface area (Å²) in [6, 6.07) is 7.28. The van der Waals surface area contributed by atoms with Gasteiger partial charge in [-0.1, -0.05) is 0 Å². The number of aromatic hydroxyl groups is 1. The largest absolute Gasteiger partial charge is 0.494 e. The summed E-state index contributed by atoms with van der Waals surface area (Å²) in [5, 5.41) is 11.5. The van der Waals surface area contributed by atoms with Crippen molar-refractivity contribution in [2.24, 2.45) is 0 Å². The first-order valence-corrected chi connectivity index (χ1v) is 9.45. The van der Waals surface area contributed by atoms with Crippen LogP contribution in [0.25, 0.3) is 28.0 Å². The Bertz CT molecular complexity index is 1220. The third-order valence-corrected chi connectivity index (χ3v) is 4.75. The zero-order chi connectivity index (χ0) is 21.3. The second-order valence-corrected chi connectivity index (χ2v) is 6.63. The summed E-state index contributed by atoms with van der Waals surface area (Å²) in [5.74, 6) is 2.23. The van der Waals surface area contributed by atoms with Gasteiger partial charge in [0.1, 0.15) is 11.6 Å². The lowest BCUT2D eigenvalue weighted by molar-refractivity contribution is 0.339. The first kappa shape index (κ1) is 19.5. The molecule has 0 radical (unpaired) electrons. The third-order valence-electron chi connectivity index (χ3n) is 4.75. The molecule has 30 heavy (non-hydrogen) atoms. The molecule has 0 fully saturated rings. The van der Waals surface area contributed by atoms with Crippen molar-refractivity contribution in [2.45, 2.75) is 13.8 Å². The van der Waals surface area contributed by atoms with Crippen LogP contribution in [0.3, 0.4) is 0 Å². The molecule has 8 heteroatoms. The summed E-state index contributed by atoms with van der Waals surface area (Å²) in [5.41, 5.74) is 3.01. The summed E-state index contributed by atoms with van der Waals surface area (Å²) in [7, 11) is 3.10. The summed E-state index contributed by atoms with van der Waals surface area (Å²) < 4.78 is 17.7. The van der Waals surface area contributed by atoms with Gasteiger partial charge in [0.2, 0.25) is 5.88 Å². The average Bonchev–Trinajstić information content (AvgIpc) is 3.10. The van der Waals surface area contributed by atoms with Crippen LogP contribution in [0, 0.1) is 6.92 Å². The fraction of sp³-hybridized carbons (Fsp3) is 0.227. The van der Waals surface area contributed by atoms with E-state index in [0.29, 0.717) is 46.4 Å². The van der Waals surface area contributed by atoms with Gasteiger partial charge in [-0.05, 0) is 37.6 Å². The fourth-order valence-electron chi connectivity index (χ4n) is 3.37. The smallest absolute Gasteiger partial charge is 0.256 e. The van der Waals surface area contributed by atoms with Gasteiger partial charge in [0, 0.05) is 30.2 Å². The molecule has 4 aromatic heterocycles. The van der Waals surface area contributed by atoms with Gasteiger partial charge in [0.05, 0.1) is 37.4 Å². The average molecular weight is 406 g/mol. The van der Waals surface area contributed by atoms with Crippen molar-refractivity contribution in [3.63, 3.8) is 0 Å². The standard InChI is InChI=1S/C22H22N4O4/c1-5-30-15-6-7-23-19(10-15)26-12-17-20(22(26)27)13(2)8-16(25-17)14-9-18(28-3)21(29-4)24-11-14/h6-12,27H,5H2,1-4H3. The van der Waals surface area contributed by atoms with E-state index in [1.54, 1.807) is 49.5 Å². The second-order valence-electron chi connectivity index (χ2n) is 6.63. The van der Waals surface area contributed by atoms with E-state index in [2.05, 4.69) is 9.97 Å². The molecule has 0 atom stereocenters. The molecule has 0 bridgehead atoms. The lowest BCUT2D eigenvalue weighted by atomic mass is 10.1. The van der Waals surface area contributed by atoms with Crippen molar-refractivity contribution in [2.75, 3.05) is 20.8 Å². The maximum atomic E-state index is 10.8. The minimum absolute atomic E-state index is 0.0770. The highest BCUT2D eigenvalue weighted by molar-refractivity contribution is 5.90. The highest BCUT2D eigenvalue weighted by Gasteiger charge is 2.17. The molecule has 8 nitrogen and oxygen atoms in total. The molecule has 154 valence electrons. The van der Waals surface area contributed by atoms with Gasteiger partial charge < -0.3 is 19.3 Å². The van der Waals surface area contributed by atoms with Crippen LogP contribution in [0.5, 0.6) is 23.3 Å². The molecule has 4 heterocycles. The van der Waals surface area contributed by atoms with E-state index >= 15 is 0 Å². The molecule has 0 spiro atoms. The zero-order valence-corrected chi connectivity index (χ0v) is 17.2. The number of ether oxygens (including phenoxy) is 3. The van der Waals surface area contributed by atoms with Crippen LogP contribution in [-0.2, 0) is 0 Å². The van der Waals surface area contributed by atoms with Gasteiger partial charge in [-0.25, -0.2) is 15.0 Å². The SMILES string of the molecule is CCOc1ccnc(-n2cc3nc(-c4cnc(OC)c(OC)c4)cc(C)c3c2O)c1. The molecule has 0 unspecified atom stereocenters. The summed E-state index contributed by atoms with van der Waals surface area (Å²) in [6.45, 7) is 4.39. The van der Waals surface area contributed by atoms with E-state index in [1.165, 1.54) is 0 Å². The number of aromatic nitrogens is 4. The number of rotatable bonds is 6. The van der Waals surface area contributed by atoms with E-state index in [1.807, 2.05) is 26.0 Å². The monoisotopic (exact) mass is 406 g/mol. The first-order chi connectivity index (χ1) is 14.5. The van der Waals surface area contributed by atoms with Gasteiger partial charge >= 0.3 is 0 Å². The molecule has 0 aliphatic rings. The van der Waals surface area contributed by atoms with Crippen LogP contribution >= 0.6 is 0 Å². The topological polar surface area (TPSA) is 91.5 Å². The van der Waals surface area contributed by atoms with Crippen molar-refractivity contribution in [3.05, 3.63) is 48.4 Å². The molecule has 4 rings (SSSR count). The number of hydrogen-bond donors (Lipinski definition) is 1. The van der Waals surface area contributed by atoms with E-state index in [0.717, 1.165) is 11.1 Å². The lowest BCUT2D eigenvalue weighted by Crippen LogP contribution is -1.97. The molecule has 0 aliphatic carbocycles. The number of pyridine rings is 3. The number of hydrogen-bond acceptors (Lipinski definition) is 7. The number of fused-ring (bicyclic) bond motifs is 1. The quantitative estimate of drug-likeness (QED) is 0.519. The Morgan fingerprint density at radius 1 is 1.10 bits per heavy atom. The molecule has 0 aromatic carbocycles. The summed E-state index contributed by atoms with van der Waals surface area (Å²) >= 11 is 0. The van der Waals surface area contributed by atoms with Crippen LogP contribution in [0.15, 0.2) is 42.9 Å². The predicted octanol–water partition coefficient (Wildman–Crippen LogP) is 3.91. The van der Waals surface area contributed by atoms with E-state index in [-0.39, 0.29) is 5.88 Å². The normalized spacial score (nSPS) is 10.9. The molecule has 0 saturated heterocycles. The van der Waals surface area contributed by atoms with Crippen molar-refractivity contribution in [3.8, 4) is 40.3 Å². The van der Waals surface area contributed by atoms with E-state index < -0.39 is 0 Å². The zero-order valence-electron chi connectivity index (χ0n) is 17.2. The molecular weight excluding hydrogens is 384 g/mol. The Balaban J connectivity index is 1.83. The van der Waals surface area contributed by atoms with Gasteiger partial charge in [-0.3, -0.25) is 4.57 Å². The van der Waals surface area contributed by atoms with Crippen LogP contribution in [-0.4, -0.2) is 45.5 Å². The van der Waals surface area contributed by atoms with Gasteiger partial charge in [0.15, 0.2) is 5.75 Å². The van der Waals surface area contributed by atoms with Crippen LogP contribution in [0.2, 0.25) is 0 Å². The maximum absolute atomic E-state index is 10.8. The maximum Gasteiger partial charge on any atom is 0.256 e. The molecular formula is C22H22N4O4. The van der Waals surface area contributed by atoms with Crippen molar-refractivity contribution in [1.29, 1.82) is 0 Å². The van der Waals surface area contributed by atoms with E-state index in [4.69, 9.17) is 19.2 Å². The third kappa shape index (κ3) is 3.36. The Hall–Kier alpha value is -3.81. The molecule has 4 aromatic rings. The van der Waals surface area contributed by atoms with Crippen LogP contribution in [0.4, 0.5) is 0 Å². The highest BCUT2D eigenvalue weighted by atomic mass is 16.5. The number of methoxy groups -OCH3 is 2. The second kappa shape index (κ2) is 7.90. The number of nitrogens with zero attached hydrogens (tertiary/aromatic N) is 4. The lowest BCUT2D eigenvalue weighted by Gasteiger charge is -2.09. The number of aryl methyl sites for hydroxylation is 1. The molecule has 0 aliphatic heterocycles. The molecule has 0 saturated carbocycles. The predicted molar refractivity (Wildman–Crippen MR) is 113 cm³/mol. The van der Waals surface area contributed by atoms with Crippen LogP contribution < -0.4 is 14.2 Å². The Morgan fingerprint density at radius 3 is 2.67 bits per heavy atom. The minimum atomic E-state index is 0.0770. The van der Waals surface area contributed by atoms with E-state index in [9.17, 15) is 5.11 Å². The first-order valence-electron chi connectivity index (χ1n) is 9.45. The Kier molecular flexibility index (Phi) is 5.14. The molecule has 0 amide bonds. The van der Waals surface area contributed by atoms with Crippen molar-refractivity contribution >= 4 is 10.9 Å². The Labute approximate surface area is 173 Å². The molecule has 1 N–H and O–H groups in total. The summed E-state index contributed by atoms with van der Waals surface area (Å²) in [4.78, 5) is 13.4. The van der Waals surface area contributed by atoms with Gasteiger partial charge in [-0.2, -0.15) is 0 Å². The highest BCUT2D eigenvalue weighted by Crippen LogP contribution is 2.35. The van der Waals surface area contributed by atoms with Crippen molar-refractivity contribution < 1.29 is 19.3 Å². The minimum Gasteiger partial charge on any atom is -0.494 e. The fourth-order valence-corrected chi connectivity index (χ4v) is 3.37. The van der Waals surface area contributed by atoms with Crippen LogP contribution in [0.1, 0.15) is 12.5 Å². The van der Waals surface area contributed by atoms with Gasteiger partial charge in [-0.15, -0.1) is 0 Å². The summed E-state index contributed by atoms with van der Waals surface area (Å²) in [6.07, 6.45) is 5.08.